The smallest absolute Gasteiger partial charge is 0.251 e. The van der Waals surface area contributed by atoms with Crippen LogP contribution in [0.5, 0.6) is 0 Å². The molecule has 0 unspecified atom stereocenters. The number of nitrogens with zero attached hydrogens (tertiary/aromatic N) is 3. The monoisotopic (exact) mass is 334 g/mol. The van der Waals surface area contributed by atoms with E-state index in [9.17, 15) is 4.79 Å². The molecule has 5 nitrogen and oxygen atoms in total. The summed E-state index contributed by atoms with van der Waals surface area (Å²) in [4.78, 5) is 17.9. The summed E-state index contributed by atoms with van der Waals surface area (Å²) in [6.07, 6.45) is 5.35. The number of amides is 1. The summed E-state index contributed by atoms with van der Waals surface area (Å²) in [5.41, 5.74) is 3.23. The molecule has 4 aromatic rings. The molecule has 0 saturated heterocycles. The Labute approximate surface area is 142 Å². The standard InChI is InChI=1S/C18H14N4OS/c23-18(20-11-15-6-2-9-24-15)14-5-1-4-13(10-14)16-12-21-22-8-3-7-19-17(16)22/h1-10,12H,11H2,(H,20,23). The molecule has 0 radical (unpaired) electrons. The average molecular weight is 334 g/mol. The van der Waals surface area contributed by atoms with Crippen molar-refractivity contribution in [1.82, 2.24) is 19.9 Å². The number of carbonyl (C=O) groups is 1. The number of fused-ring (bicyclic) bond motifs is 1. The van der Waals surface area contributed by atoms with Crippen molar-refractivity contribution in [3.8, 4) is 11.1 Å². The van der Waals surface area contributed by atoms with Crippen LogP contribution >= 0.6 is 11.3 Å². The maximum atomic E-state index is 12.4. The van der Waals surface area contributed by atoms with E-state index in [4.69, 9.17) is 0 Å². The average Bonchev–Trinajstić information content (AvgIpc) is 3.29. The Hall–Kier alpha value is -2.99. The third-order valence-corrected chi connectivity index (χ3v) is 4.59. The van der Waals surface area contributed by atoms with Gasteiger partial charge in [0.2, 0.25) is 0 Å². The van der Waals surface area contributed by atoms with Crippen molar-refractivity contribution in [2.45, 2.75) is 6.54 Å². The van der Waals surface area contributed by atoms with E-state index in [1.807, 2.05) is 54.0 Å². The van der Waals surface area contributed by atoms with Crippen molar-refractivity contribution < 1.29 is 4.79 Å². The van der Waals surface area contributed by atoms with Gasteiger partial charge in [0.05, 0.1) is 12.7 Å². The molecule has 0 bridgehead atoms. The Balaban J connectivity index is 1.60. The van der Waals surface area contributed by atoms with Gasteiger partial charge in [-0.1, -0.05) is 18.2 Å². The lowest BCUT2D eigenvalue weighted by Crippen LogP contribution is -2.22. The molecule has 0 spiro atoms. The number of carbonyl (C=O) groups excluding carboxylic acids is 1. The third kappa shape index (κ3) is 2.79. The SMILES string of the molecule is O=C(NCc1cccs1)c1cccc(-c2cnn3cccnc23)c1. The van der Waals surface area contributed by atoms with Crippen LogP contribution in [0.1, 0.15) is 15.2 Å². The molecule has 0 aliphatic rings. The summed E-state index contributed by atoms with van der Waals surface area (Å²) in [7, 11) is 0. The molecule has 1 aromatic carbocycles. The van der Waals surface area contributed by atoms with E-state index in [1.165, 1.54) is 0 Å². The van der Waals surface area contributed by atoms with Crippen molar-refractivity contribution in [1.29, 1.82) is 0 Å². The number of aromatic nitrogens is 3. The van der Waals surface area contributed by atoms with Crippen LogP contribution in [0.15, 0.2) is 66.4 Å². The number of hydrogen-bond donors (Lipinski definition) is 1. The summed E-state index contributed by atoms with van der Waals surface area (Å²) in [6, 6.07) is 13.3. The Kier molecular flexibility index (Phi) is 3.80. The van der Waals surface area contributed by atoms with Gasteiger partial charge in [-0.25, -0.2) is 9.50 Å². The van der Waals surface area contributed by atoms with E-state index in [0.717, 1.165) is 21.7 Å². The molecule has 0 atom stereocenters. The van der Waals surface area contributed by atoms with Crippen molar-refractivity contribution in [2.24, 2.45) is 0 Å². The van der Waals surface area contributed by atoms with Crippen LogP contribution in [0.25, 0.3) is 16.8 Å². The van der Waals surface area contributed by atoms with Crippen LogP contribution in [0.4, 0.5) is 0 Å². The fourth-order valence-corrected chi connectivity index (χ4v) is 3.19. The fourth-order valence-electron chi connectivity index (χ4n) is 2.54. The number of rotatable bonds is 4. The minimum absolute atomic E-state index is 0.0883. The molecule has 0 aliphatic carbocycles. The molecule has 3 heterocycles. The van der Waals surface area contributed by atoms with Gasteiger partial charge in [-0.3, -0.25) is 4.79 Å². The number of nitrogens with one attached hydrogen (secondary N) is 1. The highest BCUT2D eigenvalue weighted by Crippen LogP contribution is 2.23. The van der Waals surface area contributed by atoms with E-state index >= 15 is 0 Å². The van der Waals surface area contributed by atoms with Gasteiger partial charge in [0.25, 0.3) is 5.91 Å². The van der Waals surface area contributed by atoms with Crippen molar-refractivity contribution in [2.75, 3.05) is 0 Å². The van der Waals surface area contributed by atoms with Gasteiger partial charge in [0, 0.05) is 28.4 Å². The molecule has 0 saturated carbocycles. The van der Waals surface area contributed by atoms with Gasteiger partial charge in [-0.05, 0) is 35.2 Å². The predicted octanol–water partition coefficient (Wildman–Crippen LogP) is 3.39. The third-order valence-electron chi connectivity index (χ3n) is 3.72. The highest BCUT2D eigenvalue weighted by Gasteiger charge is 2.11. The van der Waals surface area contributed by atoms with Crippen LogP contribution in [0, 0.1) is 0 Å². The molecule has 24 heavy (non-hydrogen) atoms. The topological polar surface area (TPSA) is 59.3 Å². The molecule has 6 heteroatoms. The Morgan fingerprint density at radius 2 is 2.17 bits per heavy atom. The highest BCUT2D eigenvalue weighted by atomic mass is 32.1. The molecule has 1 amide bonds. The molecule has 0 aliphatic heterocycles. The molecular formula is C18H14N4OS. The molecular weight excluding hydrogens is 320 g/mol. The summed E-state index contributed by atoms with van der Waals surface area (Å²) in [5, 5.41) is 9.24. The summed E-state index contributed by atoms with van der Waals surface area (Å²) >= 11 is 1.63. The lowest BCUT2D eigenvalue weighted by Gasteiger charge is -2.06. The van der Waals surface area contributed by atoms with Crippen molar-refractivity contribution in [3.05, 3.63) is 76.9 Å². The zero-order chi connectivity index (χ0) is 16.4. The van der Waals surface area contributed by atoms with Crippen LogP contribution in [-0.2, 0) is 6.54 Å². The molecule has 0 fully saturated rings. The van der Waals surface area contributed by atoms with Crippen LogP contribution < -0.4 is 5.32 Å². The van der Waals surface area contributed by atoms with Gasteiger partial charge in [-0.15, -0.1) is 11.3 Å². The predicted molar refractivity (Wildman–Crippen MR) is 93.9 cm³/mol. The maximum absolute atomic E-state index is 12.4. The largest absolute Gasteiger partial charge is 0.347 e. The molecule has 4 rings (SSSR count). The van der Waals surface area contributed by atoms with Crippen LogP contribution in [0.2, 0.25) is 0 Å². The second kappa shape index (κ2) is 6.25. The second-order valence-corrected chi connectivity index (χ2v) is 6.32. The maximum Gasteiger partial charge on any atom is 0.251 e. The van der Waals surface area contributed by atoms with Gasteiger partial charge in [0.1, 0.15) is 0 Å². The van der Waals surface area contributed by atoms with Gasteiger partial charge >= 0.3 is 0 Å². The number of thiophene rings is 1. The van der Waals surface area contributed by atoms with Gasteiger partial charge in [0.15, 0.2) is 5.65 Å². The van der Waals surface area contributed by atoms with E-state index in [1.54, 1.807) is 28.2 Å². The van der Waals surface area contributed by atoms with E-state index < -0.39 is 0 Å². The minimum Gasteiger partial charge on any atom is -0.347 e. The Morgan fingerprint density at radius 1 is 1.21 bits per heavy atom. The zero-order valence-corrected chi connectivity index (χ0v) is 13.5. The quantitative estimate of drug-likeness (QED) is 0.622. The lowest BCUT2D eigenvalue weighted by atomic mass is 10.1. The number of benzene rings is 1. The fraction of sp³-hybridized carbons (Fsp3) is 0.0556. The normalized spacial score (nSPS) is 10.8. The van der Waals surface area contributed by atoms with E-state index in [2.05, 4.69) is 15.4 Å². The molecule has 118 valence electrons. The van der Waals surface area contributed by atoms with Gasteiger partial charge < -0.3 is 5.32 Å². The van der Waals surface area contributed by atoms with E-state index in [-0.39, 0.29) is 5.91 Å². The Bertz CT molecular complexity index is 991. The minimum atomic E-state index is -0.0883. The lowest BCUT2D eigenvalue weighted by molar-refractivity contribution is 0.0951. The Morgan fingerprint density at radius 3 is 3.04 bits per heavy atom. The highest BCUT2D eigenvalue weighted by molar-refractivity contribution is 7.09. The summed E-state index contributed by atoms with van der Waals surface area (Å²) in [6.45, 7) is 0.541. The van der Waals surface area contributed by atoms with Crippen molar-refractivity contribution >= 4 is 22.9 Å². The second-order valence-electron chi connectivity index (χ2n) is 5.29. The number of hydrogen-bond acceptors (Lipinski definition) is 4. The first kappa shape index (κ1) is 14.6. The zero-order valence-electron chi connectivity index (χ0n) is 12.7. The first-order valence-corrected chi connectivity index (χ1v) is 8.38. The van der Waals surface area contributed by atoms with E-state index in [0.29, 0.717) is 12.1 Å². The first-order chi connectivity index (χ1) is 11.8. The summed E-state index contributed by atoms with van der Waals surface area (Å²) in [5.74, 6) is -0.0883. The molecule has 1 N–H and O–H groups in total. The first-order valence-electron chi connectivity index (χ1n) is 7.50. The van der Waals surface area contributed by atoms with Crippen molar-refractivity contribution in [3.63, 3.8) is 0 Å². The molecule has 3 aromatic heterocycles. The van der Waals surface area contributed by atoms with Crippen LogP contribution in [-0.4, -0.2) is 20.5 Å². The van der Waals surface area contributed by atoms with Crippen LogP contribution in [0.3, 0.4) is 0 Å². The van der Waals surface area contributed by atoms with Gasteiger partial charge in [-0.2, -0.15) is 5.10 Å². The summed E-state index contributed by atoms with van der Waals surface area (Å²) < 4.78 is 1.72.